The van der Waals surface area contributed by atoms with Gasteiger partial charge in [-0.25, -0.2) is 14.7 Å². The molecule has 1 fully saturated rings. The highest BCUT2D eigenvalue weighted by Crippen LogP contribution is 2.41. The number of halogens is 2. The summed E-state index contributed by atoms with van der Waals surface area (Å²) in [5.41, 5.74) is 4.68. The summed E-state index contributed by atoms with van der Waals surface area (Å²) in [4.78, 5) is 9.80. The first kappa shape index (κ1) is 44.2. The van der Waals surface area contributed by atoms with E-state index in [9.17, 15) is 28.8 Å². The van der Waals surface area contributed by atoms with E-state index in [0.29, 0.717) is 50.7 Å². The second-order valence-corrected chi connectivity index (χ2v) is 16.4. The maximum absolute atomic E-state index is 15.4. The number of hydrogen-bond donors (Lipinski definition) is 5. The van der Waals surface area contributed by atoms with Gasteiger partial charge in [0.05, 0.1) is 30.9 Å². The molecule has 2 aromatic heterocycles. The Balaban J connectivity index is 1.07. The van der Waals surface area contributed by atoms with Crippen molar-refractivity contribution in [3.8, 4) is 33.9 Å². The van der Waals surface area contributed by atoms with Gasteiger partial charge in [-0.1, -0.05) is 65.9 Å². The molecule has 0 bridgehead atoms. The molecule has 4 aromatic carbocycles. The Morgan fingerprint density at radius 2 is 1.44 bits per heavy atom. The predicted molar refractivity (Wildman–Crippen MR) is 233 cm³/mol. The van der Waals surface area contributed by atoms with Crippen molar-refractivity contribution in [2.24, 2.45) is 9.98 Å². The second-order valence-electron chi connectivity index (χ2n) is 14.9. The number of aliphatic imine (C=N–C) groups is 2. The molecule has 0 unspecified atom stereocenters. The first-order chi connectivity index (χ1) is 30.9. The molecular weight excluding hydrogens is 853 g/mol. The fraction of sp³-hybridized carbons (Fsp3) is 0.227. The van der Waals surface area contributed by atoms with Crippen LogP contribution < -0.4 is 9.47 Å². The van der Waals surface area contributed by atoms with Gasteiger partial charge in [-0.05, 0) is 83.8 Å². The number of rotatable bonds is 16. The van der Waals surface area contributed by atoms with Crippen LogP contribution in [0.2, 0.25) is 0 Å². The standard InChI is InChI=1S/C44H41BF2N6O10S/c46-45(47)53-37(30-14-18-32(19-15-30)61-20-7-21-64(58,59)60)23-35(28-10-5-2-6-11-28)43(53)49-42-34(27-8-3-1-4-9-27)22-36(48-42)29-12-16-33(17-13-29)62-26-31-24-52(51-50-31)44-41(57)40(56)39(55)38(25-54)63-44/h1-6,8-19,22-24,38-41,44,54-57H,7,20-21,25-26H2,(H,58,59,60)/b49-42-/t38-,39+,40+,41-,44-/m1/s1. The zero-order chi connectivity index (χ0) is 45.0. The molecule has 330 valence electrons. The van der Waals surface area contributed by atoms with Crippen LogP contribution in [-0.2, 0) is 21.5 Å². The largest absolute Gasteiger partial charge is 0.679 e. The lowest BCUT2D eigenvalue weighted by Gasteiger charge is -2.39. The summed E-state index contributed by atoms with van der Waals surface area (Å²) < 4.78 is 81.0. The van der Waals surface area contributed by atoms with Crippen LogP contribution in [-0.4, -0.2) is 115 Å². The molecule has 8 rings (SSSR count). The van der Waals surface area contributed by atoms with Crippen molar-refractivity contribution in [3.63, 3.8) is 0 Å². The normalized spacial score (nSPS) is 20.5. The molecule has 6 aromatic rings. The zero-order valence-corrected chi connectivity index (χ0v) is 34.6. The molecule has 0 aliphatic carbocycles. The Bertz CT molecular complexity index is 2770. The minimum atomic E-state index is -4.13. The number of amidine groups is 1. The molecule has 0 spiro atoms. The number of aliphatic hydroxyl groups excluding tert-OH is 4. The Morgan fingerprint density at radius 3 is 2.08 bits per heavy atom. The summed E-state index contributed by atoms with van der Waals surface area (Å²) in [5, 5.41) is 48.3. The predicted octanol–water partition coefficient (Wildman–Crippen LogP) is 5.01. The Kier molecular flexibility index (Phi) is 13.2. The monoisotopic (exact) mass is 894 g/mol. The van der Waals surface area contributed by atoms with Crippen LogP contribution in [0.25, 0.3) is 28.0 Å². The van der Waals surface area contributed by atoms with Crippen molar-refractivity contribution >= 4 is 40.5 Å². The van der Waals surface area contributed by atoms with Crippen LogP contribution in [0.5, 0.6) is 11.5 Å². The minimum Gasteiger partial charge on any atom is -0.494 e. The number of benzene rings is 4. The van der Waals surface area contributed by atoms with E-state index in [1.54, 1.807) is 54.6 Å². The van der Waals surface area contributed by atoms with E-state index in [1.165, 1.54) is 10.9 Å². The van der Waals surface area contributed by atoms with E-state index >= 15 is 8.63 Å². The van der Waals surface area contributed by atoms with Crippen LogP contribution in [0, 0.1) is 0 Å². The summed E-state index contributed by atoms with van der Waals surface area (Å²) in [6, 6.07) is 33.5. The summed E-state index contributed by atoms with van der Waals surface area (Å²) in [5.74, 6) is 0.598. The molecule has 4 heterocycles. The lowest BCUT2D eigenvalue weighted by Crippen LogP contribution is -2.56. The highest BCUT2D eigenvalue weighted by molar-refractivity contribution is 7.85. The van der Waals surface area contributed by atoms with E-state index in [2.05, 4.69) is 10.3 Å². The highest BCUT2D eigenvalue weighted by Gasteiger charge is 2.44. The van der Waals surface area contributed by atoms with Gasteiger partial charge in [-0.3, -0.25) is 13.2 Å². The van der Waals surface area contributed by atoms with E-state index in [4.69, 9.17) is 28.7 Å². The van der Waals surface area contributed by atoms with Crippen molar-refractivity contribution in [1.82, 2.24) is 19.5 Å². The maximum Gasteiger partial charge on any atom is 0.679 e. The average Bonchev–Trinajstić information content (AvgIpc) is 4.05. The summed E-state index contributed by atoms with van der Waals surface area (Å²) in [7, 11) is -7.14. The molecule has 5 atom stereocenters. The number of nitrogens with zero attached hydrogens (tertiary/aromatic N) is 6. The smallest absolute Gasteiger partial charge is 0.494 e. The number of hydrogen-bond acceptors (Lipinski definition) is 12. The molecule has 2 aliphatic heterocycles. The number of aliphatic hydroxyl groups is 4. The third-order valence-corrected chi connectivity index (χ3v) is 11.3. The van der Waals surface area contributed by atoms with Crippen LogP contribution in [0.3, 0.4) is 0 Å². The summed E-state index contributed by atoms with van der Waals surface area (Å²) >= 11 is 0. The molecule has 64 heavy (non-hydrogen) atoms. The van der Waals surface area contributed by atoms with Gasteiger partial charge in [-0.15, -0.1) is 5.10 Å². The van der Waals surface area contributed by atoms with Crippen molar-refractivity contribution in [2.75, 3.05) is 19.0 Å². The van der Waals surface area contributed by atoms with Gasteiger partial charge in [0.1, 0.15) is 54.0 Å². The molecule has 1 saturated heterocycles. The van der Waals surface area contributed by atoms with Crippen molar-refractivity contribution in [2.45, 2.75) is 43.7 Å². The molecule has 0 amide bonds. The lowest BCUT2D eigenvalue weighted by atomic mass is 9.98. The number of allylic oxidation sites excluding steroid dienone is 1. The van der Waals surface area contributed by atoms with Crippen LogP contribution >= 0.6 is 0 Å². The van der Waals surface area contributed by atoms with Gasteiger partial charge >= 0.3 is 7.40 Å². The fourth-order valence-corrected chi connectivity index (χ4v) is 7.77. The third-order valence-electron chi connectivity index (χ3n) is 10.5. The molecule has 5 N–H and O–H groups in total. The summed E-state index contributed by atoms with van der Waals surface area (Å²) in [6.45, 7) is -0.591. The van der Waals surface area contributed by atoms with E-state index in [1.807, 2.05) is 66.7 Å². The van der Waals surface area contributed by atoms with Crippen molar-refractivity contribution in [1.29, 1.82) is 0 Å². The van der Waals surface area contributed by atoms with Gasteiger partial charge in [0.15, 0.2) is 12.1 Å². The highest BCUT2D eigenvalue weighted by atomic mass is 32.2. The lowest BCUT2D eigenvalue weighted by molar-refractivity contribution is -0.254. The van der Waals surface area contributed by atoms with E-state index < -0.39 is 60.5 Å². The molecule has 20 heteroatoms. The molecule has 2 aliphatic rings. The quantitative estimate of drug-likeness (QED) is 0.0492. The number of aromatic nitrogens is 4. The SMILES string of the molecule is O=S(=O)(O)CCCOc1ccc(-c2cc(-c3ccccc3)c(/N=C3\N=C(c4ccc(OCc5cn([C@@H]6O[C@H](CO)[C@H](O)[C@H](O)[C@H]6O)nn5)cc4)C=C3c3ccccc3)n2B(F)F)cc1. The van der Waals surface area contributed by atoms with Crippen molar-refractivity contribution < 1.29 is 56.2 Å². The molecule has 0 saturated carbocycles. The fourth-order valence-electron chi connectivity index (χ4n) is 7.29. The Hall–Kier alpha value is -6.39. The average molecular weight is 895 g/mol. The van der Waals surface area contributed by atoms with Crippen LogP contribution in [0.1, 0.15) is 29.5 Å². The van der Waals surface area contributed by atoms with Crippen LogP contribution in [0.4, 0.5) is 14.4 Å². The third kappa shape index (κ3) is 9.87. The number of ether oxygens (including phenoxy) is 3. The molecular formula is C44H41BF2N6O10S. The zero-order valence-electron chi connectivity index (χ0n) is 33.7. The Morgan fingerprint density at radius 1 is 0.797 bits per heavy atom. The minimum absolute atomic E-state index is 0.0178. The van der Waals surface area contributed by atoms with Gasteiger partial charge in [0, 0.05) is 22.4 Å². The van der Waals surface area contributed by atoms with Gasteiger partial charge in [0.2, 0.25) is 0 Å². The Labute approximate surface area is 366 Å². The maximum atomic E-state index is 15.4. The molecule has 16 nitrogen and oxygen atoms in total. The summed E-state index contributed by atoms with van der Waals surface area (Å²) in [6.07, 6.45) is -3.58. The van der Waals surface area contributed by atoms with E-state index in [-0.39, 0.29) is 37.0 Å². The van der Waals surface area contributed by atoms with Crippen molar-refractivity contribution in [3.05, 3.63) is 144 Å². The second kappa shape index (κ2) is 19.2. The van der Waals surface area contributed by atoms with E-state index in [0.717, 1.165) is 10.0 Å². The van der Waals surface area contributed by atoms with Gasteiger partial charge in [0.25, 0.3) is 10.1 Å². The first-order valence-corrected chi connectivity index (χ1v) is 21.6. The first-order valence-electron chi connectivity index (χ1n) is 20.0. The van der Waals surface area contributed by atoms with Gasteiger partial charge < -0.3 is 39.1 Å². The van der Waals surface area contributed by atoms with Gasteiger partial charge in [-0.2, -0.15) is 8.42 Å². The van der Waals surface area contributed by atoms with Crippen LogP contribution in [0.15, 0.2) is 138 Å². The topological polar surface area (TPSA) is 223 Å². The molecule has 0 radical (unpaired) electrons.